The van der Waals surface area contributed by atoms with Gasteiger partial charge in [-0.1, -0.05) is 25.2 Å². The molecule has 7 heteroatoms. The molecule has 0 aliphatic carbocycles. The maximum absolute atomic E-state index is 11.2. The van der Waals surface area contributed by atoms with E-state index in [-0.39, 0.29) is 16.7 Å². The summed E-state index contributed by atoms with van der Waals surface area (Å²) in [6.45, 7) is 7.02. The van der Waals surface area contributed by atoms with Crippen LogP contribution in [0.25, 0.3) is 0 Å². The molecule has 0 heterocycles. The number of aliphatic hydroxyl groups is 1. The minimum atomic E-state index is -1.39. The molecule has 0 aromatic heterocycles. The van der Waals surface area contributed by atoms with Gasteiger partial charge in [-0.25, -0.2) is 14.4 Å². The van der Waals surface area contributed by atoms with Crippen LogP contribution in [0, 0.1) is 11.3 Å². The first-order chi connectivity index (χ1) is 10.8. The number of rotatable bonds is 8. The zero-order valence-corrected chi connectivity index (χ0v) is 14.4. The largest absolute Gasteiger partial charge is 0.478 e. The second kappa shape index (κ2) is 8.44. The lowest BCUT2D eigenvalue weighted by molar-refractivity contribution is -0.133. The molecule has 134 valence electrons. The van der Waals surface area contributed by atoms with Crippen LogP contribution >= 0.6 is 0 Å². The van der Waals surface area contributed by atoms with E-state index in [4.69, 9.17) is 15.3 Å². The lowest BCUT2D eigenvalue weighted by Crippen LogP contribution is -2.33. The molecule has 0 aliphatic rings. The van der Waals surface area contributed by atoms with Gasteiger partial charge in [0.25, 0.3) is 0 Å². The van der Waals surface area contributed by atoms with Crippen molar-refractivity contribution in [3.05, 3.63) is 34.9 Å². The summed E-state index contributed by atoms with van der Waals surface area (Å²) < 4.78 is 0. The van der Waals surface area contributed by atoms with Gasteiger partial charge in [0.2, 0.25) is 0 Å². The molecule has 0 fully saturated rings. The number of hydrogen-bond donors (Lipinski definition) is 4. The highest BCUT2D eigenvalue weighted by Gasteiger charge is 2.35. The van der Waals surface area contributed by atoms with Crippen LogP contribution in [0.3, 0.4) is 0 Å². The summed E-state index contributed by atoms with van der Waals surface area (Å²) in [4.78, 5) is 33.6. The maximum atomic E-state index is 11.2. The Kier molecular flexibility index (Phi) is 7.60. The van der Waals surface area contributed by atoms with Crippen molar-refractivity contribution in [3.63, 3.8) is 0 Å². The van der Waals surface area contributed by atoms with Gasteiger partial charge >= 0.3 is 17.9 Å². The van der Waals surface area contributed by atoms with Crippen molar-refractivity contribution < 1.29 is 34.8 Å². The van der Waals surface area contributed by atoms with Crippen molar-refractivity contribution in [3.8, 4) is 0 Å². The molecular weight excluding hydrogens is 316 g/mol. The second-order valence-electron chi connectivity index (χ2n) is 5.93. The monoisotopic (exact) mass is 340 g/mol. The average Bonchev–Trinajstić information content (AvgIpc) is 2.45. The standard InChI is InChI=1S/C17H24O7/c1-9(14(19)20)6-17(12(4)13(5)18,7-10(2)15(21)22)8-11(3)16(23)24/h6-8,12-13,18H,1-5H3,(H,19,20)(H,21,22)(H,23,24). The molecule has 0 saturated carbocycles. The number of carbonyl (C=O) groups is 3. The third-order valence-corrected chi connectivity index (χ3v) is 3.92. The Balaban J connectivity index is 6.76. The van der Waals surface area contributed by atoms with Gasteiger partial charge in [0, 0.05) is 22.1 Å². The van der Waals surface area contributed by atoms with E-state index in [1.165, 1.54) is 45.9 Å². The van der Waals surface area contributed by atoms with Crippen molar-refractivity contribution in [2.24, 2.45) is 11.3 Å². The van der Waals surface area contributed by atoms with Gasteiger partial charge in [-0.15, -0.1) is 0 Å². The molecule has 24 heavy (non-hydrogen) atoms. The Bertz CT molecular complexity index is 534. The third kappa shape index (κ3) is 5.66. The molecule has 0 aromatic rings. The van der Waals surface area contributed by atoms with Crippen LogP contribution in [0.15, 0.2) is 34.9 Å². The van der Waals surface area contributed by atoms with E-state index in [9.17, 15) is 19.5 Å². The summed E-state index contributed by atoms with van der Waals surface area (Å²) in [6, 6.07) is 0. The molecule has 0 amide bonds. The molecule has 0 spiro atoms. The Morgan fingerprint density at radius 2 is 1.00 bits per heavy atom. The summed E-state index contributed by atoms with van der Waals surface area (Å²) in [5.41, 5.74) is -1.66. The Morgan fingerprint density at radius 3 is 1.17 bits per heavy atom. The highest BCUT2D eigenvalue weighted by Crippen LogP contribution is 2.38. The normalized spacial score (nSPS) is 18.5. The quantitative estimate of drug-likeness (QED) is 0.497. The highest BCUT2D eigenvalue weighted by atomic mass is 16.4. The summed E-state index contributed by atoms with van der Waals surface area (Å²) in [6.07, 6.45) is 2.86. The Hall–Kier alpha value is -2.41. The number of hydrogen-bond acceptors (Lipinski definition) is 4. The lowest BCUT2D eigenvalue weighted by Gasteiger charge is -2.34. The SMILES string of the molecule is CC(=CC(C=C(C)C(=O)O)(C=C(C)C(=O)O)C(C)C(C)O)C(=O)O. The smallest absolute Gasteiger partial charge is 0.330 e. The zero-order chi connectivity index (χ0) is 19.2. The fourth-order valence-corrected chi connectivity index (χ4v) is 2.25. The second-order valence-corrected chi connectivity index (χ2v) is 5.93. The first-order valence-electron chi connectivity index (χ1n) is 7.30. The number of carboxylic acid groups (broad SMARTS) is 3. The van der Waals surface area contributed by atoms with E-state index in [1.54, 1.807) is 6.92 Å². The summed E-state index contributed by atoms with van der Waals surface area (Å²) in [5, 5.41) is 37.4. The Morgan fingerprint density at radius 1 is 0.750 bits per heavy atom. The van der Waals surface area contributed by atoms with Crippen LogP contribution in [-0.2, 0) is 14.4 Å². The maximum Gasteiger partial charge on any atom is 0.330 e. The van der Waals surface area contributed by atoms with E-state index in [1.807, 2.05) is 0 Å². The molecule has 0 bridgehead atoms. The van der Waals surface area contributed by atoms with Gasteiger partial charge in [-0.2, -0.15) is 0 Å². The van der Waals surface area contributed by atoms with E-state index in [2.05, 4.69) is 0 Å². The minimum Gasteiger partial charge on any atom is -0.478 e. The van der Waals surface area contributed by atoms with Crippen LogP contribution in [0.4, 0.5) is 0 Å². The molecule has 0 rings (SSSR count). The van der Waals surface area contributed by atoms with Crippen LogP contribution in [0.2, 0.25) is 0 Å². The topological polar surface area (TPSA) is 132 Å². The predicted octanol–water partition coefficient (Wildman–Crippen LogP) is 2.08. The fraction of sp³-hybridized carbons (Fsp3) is 0.471. The number of aliphatic carboxylic acids is 3. The zero-order valence-electron chi connectivity index (χ0n) is 14.4. The van der Waals surface area contributed by atoms with E-state index < -0.39 is 35.3 Å². The predicted molar refractivity (Wildman–Crippen MR) is 87.5 cm³/mol. The van der Waals surface area contributed by atoms with Gasteiger partial charge in [0.15, 0.2) is 0 Å². The van der Waals surface area contributed by atoms with Gasteiger partial charge in [-0.3, -0.25) is 0 Å². The molecule has 0 aromatic carbocycles. The minimum absolute atomic E-state index is 0.0913. The van der Waals surface area contributed by atoms with Crippen LogP contribution in [-0.4, -0.2) is 44.4 Å². The van der Waals surface area contributed by atoms with Crippen molar-refractivity contribution in [2.75, 3.05) is 0 Å². The molecule has 4 N–H and O–H groups in total. The van der Waals surface area contributed by atoms with Gasteiger partial charge < -0.3 is 20.4 Å². The lowest BCUT2D eigenvalue weighted by atomic mass is 9.70. The van der Waals surface area contributed by atoms with Gasteiger partial charge in [-0.05, 0) is 33.6 Å². The van der Waals surface area contributed by atoms with E-state index >= 15 is 0 Å². The van der Waals surface area contributed by atoms with Crippen LogP contribution in [0.5, 0.6) is 0 Å². The molecule has 0 saturated heterocycles. The number of allylic oxidation sites excluding steroid dienone is 3. The van der Waals surface area contributed by atoms with Crippen molar-refractivity contribution in [2.45, 2.75) is 40.7 Å². The molecule has 0 aliphatic heterocycles. The summed E-state index contributed by atoms with van der Waals surface area (Å²) in [5.74, 6) is -4.34. The first kappa shape index (κ1) is 21.6. The van der Waals surface area contributed by atoms with E-state index in [0.717, 1.165) is 0 Å². The third-order valence-electron chi connectivity index (χ3n) is 3.92. The number of aliphatic hydroxyl groups excluding tert-OH is 1. The highest BCUT2D eigenvalue weighted by molar-refractivity contribution is 5.89. The molecular formula is C17H24O7. The summed E-state index contributed by atoms with van der Waals surface area (Å²) >= 11 is 0. The van der Waals surface area contributed by atoms with Crippen LogP contribution < -0.4 is 0 Å². The van der Waals surface area contributed by atoms with E-state index in [0.29, 0.717) is 0 Å². The van der Waals surface area contributed by atoms with Crippen molar-refractivity contribution in [1.82, 2.24) is 0 Å². The number of carboxylic acids is 3. The first-order valence-corrected chi connectivity index (χ1v) is 7.30. The molecule has 0 radical (unpaired) electrons. The van der Waals surface area contributed by atoms with Gasteiger partial charge in [0.1, 0.15) is 0 Å². The van der Waals surface area contributed by atoms with Crippen molar-refractivity contribution >= 4 is 17.9 Å². The fourth-order valence-electron chi connectivity index (χ4n) is 2.25. The molecule has 2 unspecified atom stereocenters. The van der Waals surface area contributed by atoms with Gasteiger partial charge in [0.05, 0.1) is 6.10 Å². The summed E-state index contributed by atoms with van der Waals surface area (Å²) in [7, 11) is 0. The average molecular weight is 340 g/mol. The Labute approximate surface area is 140 Å². The van der Waals surface area contributed by atoms with Crippen LogP contribution in [0.1, 0.15) is 34.6 Å². The molecule has 7 nitrogen and oxygen atoms in total. The van der Waals surface area contributed by atoms with Crippen molar-refractivity contribution in [1.29, 1.82) is 0 Å². The molecule has 2 atom stereocenters.